The van der Waals surface area contributed by atoms with Crippen LogP contribution in [-0.4, -0.2) is 21.8 Å². The van der Waals surface area contributed by atoms with Crippen molar-refractivity contribution in [3.05, 3.63) is 93.6 Å². The Morgan fingerprint density at radius 1 is 1.10 bits per heavy atom. The van der Waals surface area contributed by atoms with Gasteiger partial charge in [0.15, 0.2) is 0 Å². The van der Waals surface area contributed by atoms with Crippen molar-refractivity contribution in [1.29, 1.82) is 0 Å². The summed E-state index contributed by atoms with van der Waals surface area (Å²) in [5.41, 5.74) is 1.07. The van der Waals surface area contributed by atoms with Crippen molar-refractivity contribution < 1.29 is 23.3 Å². The van der Waals surface area contributed by atoms with Crippen molar-refractivity contribution in [2.75, 3.05) is 0 Å². The fraction of sp³-hybridized carbons (Fsp3) is 0.0476. The second kappa shape index (κ2) is 7.63. The summed E-state index contributed by atoms with van der Waals surface area (Å²) in [4.78, 5) is 36.2. The van der Waals surface area contributed by atoms with Crippen LogP contribution in [0.2, 0.25) is 0 Å². The van der Waals surface area contributed by atoms with Crippen LogP contribution in [0.25, 0.3) is 17.4 Å². The van der Waals surface area contributed by atoms with E-state index in [1.54, 1.807) is 24.3 Å². The maximum Gasteiger partial charge on any atom is 0.329 e. The number of rotatable bonds is 5. The predicted molar refractivity (Wildman–Crippen MR) is 104 cm³/mol. The zero-order valence-electron chi connectivity index (χ0n) is 15.4. The number of halogens is 1. The van der Waals surface area contributed by atoms with E-state index in [4.69, 9.17) is 4.42 Å². The fourth-order valence-electron chi connectivity index (χ4n) is 2.99. The average molecular weight is 407 g/mol. The number of hydrogen-bond acceptors (Lipinski definition) is 5. The Bertz CT molecular complexity index is 1180. The third-order valence-electron chi connectivity index (χ3n) is 4.47. The molecule has 4 rings (SSSR count). The molecule has 3 aromatic rings. The maximum atomic E-state index is 13.0. The number of nitrogens with one attached hydrogen (secondary N) is 1. The number of carbonyl (C=O) groups excluding carboxylic acids is 2. The largest absolute Gasteiger partial charge is 0.457 e. The standard InChI is InChI=1S/C21H14FN3O5/c22-15-6-4-13(5-7-15)12-24-20(26)18(23-21(24)27)11-17-8-9-19(30-17)14-2-1-3-16(10-14)25(28)29/h1-11H,12H2,(H,23,27)/b18-11-. The molecule has 1 saturated heterocycles. The minimum absolute atomic E-state index is 0.000621. The van der Waals surface area contributed by atoms with E-state index in [9.17, 15) is 24.1 Å². The summed E-state index contributed by atoms with van der Waals surface area (Å²) in [7, 11) is 0. The molecule has 1 N–H and O–H groups in total. The highest BCUT2D eigenvalue weighted by molar-refractivity contribution is 6.13. The molecular weight excluding hydrogens is 393 g/mol. The first-order valence-corrected chi connectivity index (χ1v) is 8.84. The summed E-state index contributed by atoms with van der Waals surface area (Å²) in [6, 6.07) is 14.1. The average Bonchev–Trinajstić information content (AvgIpc) is 3.30. The van der Waals surface area contributed by atoms with Crippen LogP contribution in [0.5, 0.6) is 0 Å². The van der Waals surface area contributed by atoms with Crippen LogP contribution < -0.4 is 5.32 Å². The first-order chi connectivity index (χ1) is 14.4. The molecule has 0 atom stereocenters. The van der Waals surface area contributed by atoms with E-state index in [-0.39, 0.29) is 17.9 Å². The summed E-state index contributed by atoms with van der Waals surface area (Å²) in [6.07, 6.45) is 1.38. The van der Waals surface area contributed by atoms with Gasteiger partial charge in [0.1, 0.15) is 23.0 Å². The highest BCUT2D eigenvalue weighted by Gasteiger charge is 2.33. The van der Waals surface area contributed by atoms with Gasteiger partial charge in [-0.05, 0) is 29.8 Å². The summed E-state index contributed by atoms with van der Waals surface area (Å²) in [6.45, 7) is -0.000621. The zero-order chi connectivity index (χ0) is 21.3. The SMILES string of the molecule is O=C1N/C(=C\c2ccc(-c3cccc([N+](=O)[O-])c3)o2)C(=O)N1Cc1ccc(F)cc1. The van der Waals surface area contributed by atoms with Gasteiger partial charge in [-0.3, -0.25) is 19.8 Å². The van der Waals surface area contributed by atoms with E-state index in [0.717, 1.165) is 4.90 Å². The van der Waals surface area contributed by atoms with Gasteiger partial charge in [0, 0.05) is 23.8 Å². The van der Waals surface area contributed by atoms with Crippen molar-refractivity contribution in [2.45, 2.75) is 6.54 Å². The minimum Gasteiger partial charge on any atom is -0.457 e. The molecule has 150 valence electrons. The number of urea groups is 1. The molecule has 30 heavy (non-hydrogen) atoms. The number of non-ortho nitro benzene ring substituents is 1. The van der Waals surface area contributed by atoms with Gasteiger partial charge >= 0.3 is 6.03 Å². The third-order valence-corrected chi connectivity index (χ3v) is 4.47. The molecule has 0 unspecified atom stereocenters. The Labute approximate surface area is 169 Å². The lowest BCUT2D eigenvalue weighted by Crippen LogP contribution is -2.30. The molecule has 3 amide bonds. The topological polar surface area (TPSA) is 106 Å². The van der Waals surface area contributed by atoms with Crippen LogP contribution in [-0.2, 0) is 11.3 Å². The monoisotopic (exact) mass is 407 g/mol. The second-order valence-corrected chi connectivity index (χ2v) is 6.52. The van der Waals surface area contributed by atoms with Gasteiger partial charge in [-0.1, -0.05) is 24.3 Å². The van der Waals surface area contributed by atoms with Gasteiger partial charge < -0.3 is 9.73 Å². The molecule has 0 bridgehead atoms. The summed E-state index contributed by atoms with van der Waals surface area (Å²) >= 11 is 0. The number of carbonyl (C=O) groups is 2. The number of nitro benzene ring substituents is 1. The first-order valence-electron chi connectivity index (χ1n) is 8.84. The smallest absolute Gasteiger partial charge is 0.329 e. The zero-order valence-corrected chi connectivity index (χ0v) is 15.4. The van der Waals surface area contributed by atoms with Gasteiger partial charge in [-0.2, -0.15) is 0 Å². The van der Waals surface area contributed by atoms with Crippen LogP contribution in [0.4, 0.5) is 14.9 Å². The van der Waals surface area contributed by atoms with Gasteiger partial charge in [-0.15, -0.1) is 0 Å². The van der Waals surface area contributed by atoms with E-state index < -0.39 is 22.7 Å². The lowest BCUT2D eigenvalue weighted by molar-refractivity contribution is -0.384. The Morgan fingerprint density at radius 2 is 1.87 bits per heavy atom. The van der Waals surface area contributed by atoms with Gasteiger partial charge in [-0.25, -0.2) is 9.18 Å². The molecule has 0 aliphatic carbocycles. The van der Waals surface area contributed by atoms with Crippen molar-refractivity contribution in [3.63, 3.8) is 0 Å². The maximum absolute atomic E-state index is 13.0. The van der Waals surface area contributed by atoms with E-state index in [0.29, 0.717) is 22.6 Å². The van der Waals surface area contributed by atoms with Crippen LogP contribution in [0.15, 0.2) is 70.8 Å². The molecule has 1 aliphatic rings. The summed E-state index contributed by atoms with van der Waals surface area (Å²) < 4.78 is 18.7. The molecule has 1 aliphatic heterocycles. The molecule has 0 spiro atoms. The number of hydrogen-bond donors (Lipinski definition) is 1. The predicted octanol–water partition coefficient (Wildman–Crippen LogP) is 4.09. The van der Waals surface area contributed by atoms with Crippen molar-refractivity contribution in [1.82, 2.24) is 10.2 Å². The van der Waals surface area contributed by atoms with E-state index in [1.165, 1.54) is 42.5 Å². The number of furan rings is 1. The van der Waals surface area contributed by atoms with Crippen LogP contribution in [0.1, 0.15) is 11.3 Å². The second-order valence-electron chi connectivity index (χ2n) is 6.52. The highest BCUT2D eigenvalue weighted by Crippen LogP contribution is 2.27. The molecule has 0 radical (unpaired) electrons. The Hall–Kier alpha value is -4.27. The molecule has 9 heteroatoms. The molecule has 2 aromatic carbocycles. The number of benzene rings is 2. The Balaban J connectivity index is 1.53. The third kappa shape index (κ3) is 3.81. The Morgan fingerprint density at radius 3 is 2.60 bits per heavy atom. The highest BCUT2D eigenvalue weighted by atomic mass is 19.1. The molecular formula is C21H14FN3O5. The van der Waals surface area contributed by atoms with Crippen LogP contribution in [0, 0.1) is 15.9 Å². The molecule has 0 saturated carbocycles. The van der Waals surface area contributed by atoms with Crippen LogP contribution >= 0.6 is 0 Å². The Kier molecular flexibility index (Phi) is 4.85. The van der Waals surface area contributed by atoms with Crippen molar-refractivity contribution >= 4 is 23.7 Å². The van der Waals surface area contributed by atoms with Gasteiger partial charge in [0.05, 0.1) is 11.5 Å². The van der Waals surface area contributed by atoms with E-state index in [2.05, 4.69) is 5.32 Å². The van der Waals surface area contributed by atoms with Gasteiger partial charge in [0.25, 0.3) is 11.6 Å². The van der Waals surface area contributed by atoms with Gasteiger partial charge in [0.2, 0.25) is 0 Å². The number of nitrogens with zero attached hydrogens (tertiary/aromatic N) is 2. The lowest BCUT2D eigenvalue weighted by Gasteiger charge is -2.11. The van der Waals surface area contributed by atoms with E-state index >= 15 is 0 Å². The van der Waals surface area contributed by atoms with Crippen molar-refractivity contribution in [2.24, 2.45) is 0 Å². The lowest BCUT2D eigenvalue weighted by atomic mass is 10.1. The fourth-order valence-corrected chi connectivity index (χ4v) is 2.99. The first kappa shape index (κ1) is 19.1. The summed E-state index contributed by atoms with van der Waals surface area (Å²) in [5.74, 6) is -0.277. The van der Waals surface area contributed by atoms with E-state index in [1.807, 2.05) is 0 Å². The molecule has 1 aromatic heterocycles. The van der Waals surface area contributed by atoms with Crippen molar-refractivity contribution in [3.8, 4) is 11.3 Å². The minimum atomic E-state index is -0.596. The quantitative estimate of drug-likeness (QED) is 0.297. The number of amides is 3. The molecule has 2 heterocycles. The normalized spacial score (nSPS) is 15.0. The summed E-state index contributed by atoms with van der Waals surface area (Å²) in [5, 5.41) is 13.4. The number of imide groups is 1. The van der Waals surface area contributed by atoms with Crippen LogP contribution in [0.3, 0.4) is 0 Å². The number of nitro groups is 1. The molecule has 1 fully saturated rings. The molecule has 8 nitrogen and oxygen atoms in total.